The number of nitrogens with two attached hydrogens (primary N) is 1. The Morgan fingerprint density at radius 1 is 1.12 bits per heavy atom. The van der Waals surface area contributed by atoms with Gasteiger partial charge in [0, 0.05) is 15.6 Å². The van der Waals surface area contributed by atoms with Gasteiger partial charge < -0.3 is 10.5 Å². The molecule has 0 fully saturated rings. The fraction of sp³-hybridized carbons (Fsp3) is 0.211. The highest BCUT2D eigenvalue weighted by Crippen LogP contribution is 2.26. The molecule has 0 saturated heterocycles. The van der Waals surface area contributed by atoms with E-state index >= 15 is 0 Å². The number of esters is 1. The van der Waals surface area contributed by atoms with Gasteiger partial charge in [-0.15, -0.1) is 0 Å². The molecule has 0 amide bonds. The fourth-order valence-electron chi connectivity index (χ4n) is 2.20. The van der Waals surface area contributed by atoms with E-state index in [-0.39, 0.29) is 5.97 Å². The first-order valence-corrected chi connectivity index (χ1v) is 8.40. The first-order valence-electron chi connectivity index (χ1n) is 7.64. The number of rotatable bonds is 6. The lowest BCUT2D eigenvalue weighted by molar-refractivity contribution is -0.144. The van der Waals surface area contributed by atoms with E-state index in [2.05, 4.69) is 0 Å². The van der Waals surface area contributed by atoms with Gasteiger partial charge in [0.25, 0.3) is 0 Å². The van der Waals surface area contributed by atoms with Gasteiger partial charge in [-0.05, 0) is 36.6 Å². The summed E-state index contributed by atoms with van der Waals surface area (Å²) in [4.78, 5) is 11.6. The van der Waals surface area contributed by atoms with Crippen molar-refractivity contribution in [1.82, 2.24) is 0 Å². The summed E-state index contributed by atoms with van der Waals surface area (Å²) in [5.41, 5.74) is 8.58. The van der Waals surface area contributed by atoms with Gasteiger partial charge in [-0.1, -0.05) is 65.7 Å². The van der Waals surface area contributed by atoms with E-state index in [1.165, 1.54) is 0 Å². The smallest absolute Gasteiger partial charge is 0.323 e. The third kappa shape index (κ3) is 5.10. The molecule has 0 saturated carbocycles. The summed E-state index contributed by atoms with van der Waals surface area (Å²) < 4.78 is 4.91. The van der Waals surface area contributed by atoms with Gasteiger partial charge in [0.2, 0.25) is 0 Å². The minimum absolute atomic E-state index is 0.334. The number of ether oxygens (including phenoxy) is 1. The third-order valence-corrected chi connectivity index (χ3v) is 4.13. The highest BCUT2D eigenvalue weighted by Gasteiger charge is 2.14. The molecular weight excluding hydrogens is 345 g/mol. The third-order valence-electron chi connectivity index (χ3n) is 3.47. The summed E-state index contributed by atoms with van der Waals surface area (Å²) in [7, 11) is 0. The number of benzene rings is 2. The van der Waals surface area contributed by atoms with E-state index in [4.69, 9.17) is 33.7 Å². The molecule has 2 aromatic carbocycles. The summed E-state index contributed by atoms with van der Waals surface area (Å²) in [5.74, 6) is -0.380. The van der Waals surface area contributed by atoms with Crippen molar-refractivity contribution in [1.29, 1.82) is 0 Å². The fourth-order valence-corrected chi connectivity index (χ4v) is 2.72. The van der Waals surface area contributed by atoms with Crippen LogP contribution in [-0.2, 0) is 16.0 Å². The van der Waals surface area contributed by atoms with E-state index in [0.29, 0.717) is 23.1 Å². The Balaban J connectivity index is 2.04. The summed E-state index contributed by atoms with van der Waals surface area (Å²) in [6.07, 6.45) is 4.26. The van der Waals surface area contributed by atoms with Crippen molar-refractivity contribution in [2.75, 3.05) is 6.61 Å². The highest BCUT2D eigenvalue weighted by molar-refractivity contribution is 6.37. The van der Waals surface area contributed by atoms with Crippen LogP contribution in [0.4, 0.5) is 0 Å². The average Bonchev–Trinajstić information content (AvgIpc) is 2.56. The van der Waals surface area contributed by atoms with E-state index in [9.17, 15) is 4.79 Å². The second-order valence-electron chi connectivity index (χ2n) is 5.27. The van der Waals surface area contributed by atoms with Crippen LogP contribution in [0.2, 0.25) is 10.0 Å². The van der Waals surface area contributed by atoms with Crippen LogP contribution in [0.3, 0.4) is 0 Å². The Bertz CT molecular complexity index is 706. The molecule has 0 bridgehead atoms. The monoisotopic (exact) mass is 363 g/mol. The Hall–Kier alpha value is -1.81. The molecule has 0 heterocycles. The number of hydrogen-bond donors (Lipinski definition) is 1. The quantitative estimate of drug-likeness (QED) is 0.602. The van der Waals surface area contributed by atoms with Crippen molar-refractivity contribution >= 4 is 41.3 Å². The molecule has 0 aliphatic carbocycles. The predicted octanol–water partition coefficient (Wildman–Crippen LogP) is 4.60. The van der Waals surface area contributed by atoms with Gasteiger partial charge >= 0.3 is 5.97 Å². The maximum atomic E-state index is 11.6. The molecule has 2 N–H and O–H groups in total. The molecule has 1 atom stereocenters. The second kappa shape index (κ2) is 8.88. The lowest BCUT2D eigenvalue weighted by Crippen LogP contribution is -2.34. The second-order valence-corrected chi connectivity index (χ2v) is 6.09. The lowest BCUT2D eigenvalue weighted by Gasteiger charge is -2.10. The molecule has 2 rings (SSSR count). The Labute approximate surface area is 152 Å². The Morgan fingerprint density at radius 3 is 2.33 bits per heavy atom. The minimum atomic E-state index is -0.645. The van der Waals surface area contributed by atoms with Crippen molar-refractivity contribution in [3.63, 3.8) is 0 Å². The molecule has 5 heteroatoms. The topological polar surface area (TPSA) is 52.3 Å². The van der Waals surface area contributed by atoms with Gasteiger partial charge in [-0.2, -0.15) is 0 Å². The zero-order chi connectivity index (χ0) is 17.5. The maximum Gasteiger partial charge on any atom is 0.323 e. The van der Waals surface area contributed by atoms with E-state index < -0.39 is 6.04 Å². The Morgan fingerprint density at radius 2 is 1.75 bits per heavy atom. The Kier molecular flexibility index (Phi) is 6.85. The van der Waals surface area contributed by atoms with Gasteiger partial charge in [-0.25, -0.2) is 0 Å². The van der Waals surface area contributed by atoms with Gasteiger partial charge in [0.15, 0.2) is 0 Å². The average molecular weight is 364 g/mol. The summed E-state index contributed by atoms with van der Waals surface area (Å²) >= 11 is 12.3. The van der Waals surface area contributed by atoms with Crippen molar-refractivity contribution in [3.8, 4) is 0 Å². The van der Waals surface area contributed by atoms with Crippen LogP contribution in [0.25, 0.3) is 12.2 Å². The van der Waals surface area contributed by atoms with Gasteiger partial charge in [0.1, 0.15) is 6.04 Å². The first kappa shape index (κ1) is 18.5. The standard InChI is InChI=1S/C19H19Cl2NO2/c1-2-24-19(23)18(22)12-14-8-6-13(7-9-14)10-11-15-16(20)4-3-5-17(15)21/h3-11,18H,2,12,22H2,1H3/b11-10+/t18-/m0/s1. The van der Waals surface area contributed by atoms with Crippen LogP contribution in [0.5, 0.6) is 0 Å². The summed E-state index contributed by atoms with van der Waals surface area (Å²) in [5, 5.41) is 1.21. The molecule has 0 aromatic heterocycles. The first-order chi connectivity index (χ1) is 11.5. The molecule has 0 unspecified atom stereocenters. The number of hydrogen-bond acceptors (Lipinski definition) is 3. The SMILES string of the molecule is CCOC(=O)[C@@H](N)Cc1ccc(/C=C/c2c(Cl)cccc2Cl)cc1. The molecule has 0 aliphatic heterocycles. The molecule has 2 aromatic rings. The minimum Gasteiger partial charge on any atom is -0.465 e. The van der Waals surface area contributed by atoms with E-state index in [1.807, 2.05) is 42.5 Å². The highest BCUT2D eigenvalue weighted by atomic mass is 35.5. The van der Waals surface area contributed by atoms with Gasteiger partial charge in [0.05, 0.1) is 6.61 Å². The summed E-state index contributed by atoms with van der Waals surface area (Å²) in [6, 6.07) is 12.5. The van der Waals surface area contributed by atoms with Crippen LogP contribution in [0, 0.1) is 0 Å². The molecule has 126 valence electrons. The largest absolute Gasteiger partial charge is 0.465 e. The van der Waals surface area contributed by atoms with Crippen molar-refractivity contribution in [2.45, 2.75) is 19.4 Å². The molecule has 24 heavy (non-hydrogen) atoms. The summed E-state index contributed by atoms with van der Waals surface area (Å²) in [6.45, 7) is 2.10. The normalized spacial score (nSPS) is 12.3. The molecule has 0 radical (unpaired) electrons. The van der Waals surface area contributed by atoms with Crippen LogP contribution in [0.1, 0.15) is 23.6 Å². The molecule has 0 aliphatic rings. The molecule has 3 nitrogen and oxygen atoms in total. The zero-order valence-electron chi connectivity index (χ0n) is 13.3. The lowest BCUT2D eigenvalue weighted by atomic mass is 10.0. The molecular formula is C19H19Cl2NO2. The van der Waals surface area contributed by atoms with E-state index in [1.54, 1.807) is 19.1 Å². The van der Waals surface area contributed by atoms with E-state index in [0.717, 1.165) is 16.7 Å². The van der Waals surface area contributed by atoms with Crippen LogP contribution in [0.15, 0.2) is 42.5 Å². The van der Waals surface area contributed by atoms with Crippen molar-refractivity contribution < 1.29 is 9.53 Å². The predicted molar refractivity (Wildman–Crippen MR) is 100 cm³/mol. The van der Waals surface area contributed by atoms with Crippen LogP contribution >= 0.6 is 23.2 Å². The number of carbonyl (C=O) groups excluding carboxylic acids is 1. The zero-order valence-corrected chi connectivity index (χ0v) is 14.8. The van der Waals surface area contributed by atoms with Crippen molar-refractivity contribution in [3.05, 3.63) is 69.2 Å². The van der Waals surface area contributed by atoms with Crippen LogP contribution < -0.4 is 5.73 Å². The van der Waals surface area contributed by atoms with Crippen molar-refractivity contribution in [2.24, 2.45) is 5.73 Å². The van der Waals surface area contributed by atoms with Crippen LogP contribution in [-0.4, -0.2) is 18.6 Å². The number of halogens is 2. The molecule has 0 spiro atoms. The van der Waals surface area contributed by atoms with Gasteiger partial charge in [-0.3, -0.25) is 4.79 Å². The maximum absolute atomic E-state index is 11.6. The number of carbonyl (C=O) groups is 1.